The van der Waals surface area contributed by atoms with Crippen molar-refractivity contribution in [2.75, 3.05) is 6.54 Å². The summed E-state index contributed by atoms with van der Waals surface area (Å²) in [6.07, 6.45) is 2.02. The molecule has 0 saturated carbocycles. The number of hydrogen-bond donors (Lipinski definition) is 1. The van der Waals surface area contributed by atoms with Crippen molar-refractivity contribution in [3.05, 3.63) is 54.6 Å². The molecule has 1 heterocycles. The van der Waals surface area contributed by atoms with Crippen LogP contribution in [-0.2, 0) is 6.42 Å². The zero-order valence-corrected chi connectivity index (χ0v) is 15.0. The van der Waals surface area contributed by atoms with Gasteiger partial charge < -0.3 is 5.32 Å². The monoisotopic (exact) mass is 391 g/mol. The van der Waals surface area contributed by atoms with Crippen molar-refractivity contribution in [2.24, 2.45) is 0 Å². The molecule has 1 nitrogen and oxygen atoms in total. The van der Waals surface area contributed by atoms with E-state index in [1.165, 1.54) is 4.88 Å². The number of halogens is 3. The van der Waals surface area contributed by atoms with E-state index in [9.17, 15) is 0 Å². The quantitative estimate of drug-likeness (QED) is 0.625. The molecule has 0 aliphatic rings. The number of thiophene rings is 1. The van der Waals surface area contributed by atoms with Crippen molar-refractivity contribution in [1.29, 1.82) is 0 Å². The molecule has 1 aromatic heterocycles. The predicted molar refractivity (Wildman–Crippen MR) is 93.2 cm³/mol. The van der Waals surface area contributed by atoms with Gasteiger partial charge in [-0.25, -0.2) is 0 Å². The van der Waals surface area contributed by atoms with Crippen LogP contribution in [0.3, 0.4) is 0 Å². The van der Waals surface area contributed by atoms with Gasteiger partial charge in [0.2, 0.25) is 0 Å². The molecule has 0 amide bonds. The van der Waals surface area contributed by atoms with E-state index in [0.29, 0.717) is 5.02 Å². The minimum Gasteiger partial charge on any atom is -0.310 e. The van der Waals surface area contributed by atoms with E-state index >= 15 is 0 Å². The van der Waals surface area contributed by atoms with Crippen molar-refractivity contribution in [3.63, 3.8) is 0 Å². The maximum absolute atomic E-state index is 6.34. The van der Waals surface area contributed by atoms with Gasteiger partial charge in [0, 0.05) is 27.4 Å². The molecule has 5 heteroatoms. The largest absolute Gasteiger partial charge is 0.310 e. The maximum Gasteiger partial charge on any atom is 0.0701 e. The minimum absolute atomic E-state index is 0.213. The van der Waals surface area contributed by atoms with Crippen molar-refractivity contribution >= 4 is 50.5 Å². The average Bonchev–Trinajstić information content (AvgIpc) is 2.80. The fourth-order valence-electron chi connectivity index (χ4n) is 2.06. The third-order valence-electron chi connectivity index (χ3n) is 3.01. The van der Waals surface area contributed by atoms with Gasteiger partial charge in [-0.1, -0.05) is 36.2 Å². The van der Waals surface area contributed by atoms with Gasteiger partial charge in [-0.05, 0) is 58.7 Å². The number of rotatable bonds is 6. The summed E-state index contributed by atoms with van der Waals surface area (Å²) in [5, 5.41) is 4.96. The Kier molecular flexibility index (Phi) is 6.37. The Morgan fingerprint density at radius 2 is 2.05 bits per heavy atom. The minimum atomic E-state index is 0.213. The number of hydrogen-bond acceptors (Lipinski definition) is 2. The highest BCUT2D eigenvalue weighted by Gasteiger charge is 2.16. The van der Waals surface area contributed by atoms with Crippen LogP contribution in [0.4, 0.5) is 0 Å². The molecular formula is C15H16BrCl2NS. The summed E-state index contributed by atoms with van der Waals surface area (Å²) >= 11 is 17.6. The molecule has 0 spiro atoms. The Morgan fingerprint density at radius 1 is 1.25 bits per heavy atom. The topological polar surface area (TPSA) is 12.0 Å². The van der Waals surface area contributed by atoms with E-state index in [2.05, 4.69) is 40.3 Å². The van der Waals surface area contributed by atoms with Crippen molar-refractivity contribution in [1.82, 2.24) is 5.32 Å². The second kappa shape index (κ2) is 7.81. The smallest absolute Gasteiger partial charge is 0.0701 e. The van der Waals surface area contributed by atoms with Crippen LogP contribution in [0, 0.1) is 0 Å². The van der Waals surface area contributed by atoms with Gasteiger partial charge in [0.15, 0.2) is 0 Å². The van der Waals surface area contributed by atoms with Crippen LogP contribution < -0.4 is 5.32 Å². The van der Waals surface area contributed by atoms with E-state index in [4.69, 9.17) is 23.2 Å². The molecule has 1 atom stereocenters. The number of benzene rings is 1. The molecule has 108 valence electrons. The summed E-state index contributed by atoms with van der Waals surface area (Å²) in [6.45, 7) is 3.13. The van der Waals surface area contributed by atoms with Crippen molar-refractivity contribution < 1.29 is 0 Å². The Labute approximate surface area is 142 Å². The van der Waals surface area contributed by atoms with Crippen molar-refractivity contribution in [3.8, 4) is 0 Å². The van der Waals surface area contributed by atoms with Gasteiger partial charge in [0.25, 0.3) is 0 Å². The van der Waals surface area contributed by atoms with E-state index in [-0.39, 0.29) is 6.04 Å². The second-order valence-electron chi connectivity index (χ2n) is 4.58. The van der Waals surface area contributed by atoms with Crippen LogP contribution >= 0.6 is 50.5 Å². The van der Waals surface area contributed by atoms with Gasteiger partial charge in [-0.15, -0.1) is 11.3 Å². The van der Waals surface area contributed by atoms with Gasteiger partial charge >= 0.3 is 0 Å². The Balaban J connectivity index is 2.22. The fourth-order valence-corrected chi connectivity index (χ4v) is 4.13. The van der Waals surface area contributed by atoms with Crippen LogP contribution in [0.1, 0.15) is 29.8 Å². The Bertz CT molecular complexity index is 571. The van der Waals surface area contributed by atoms with Crippen LogP contribution in [0.2, 0.25) is 10.0 Å². The van der Waals surface area contributed by atoms with Gasteiger partial charge in [0.1, 0.15) is 0 Å². The first-order chi connectivity index (χ1) is 9.60. The lowest BCUT2D eigenvalue weighted by Gasteiger charge is -2.20. The zero-order chi connectivity index (χ0) is 14.5. The average molecular weight is 393 g/mol. The normalized spacial score (nSPS) is 12.6. The molecule has 0 aliphatic carbocycles. The van der Waals surface area contributed by atoms with Crippen LogP contribution in [-0.4, -0.2) is 6.54 Å². The molecular weight excluding hydrogens is 377 g/mol. The molecule has 1 aromatic carbocycles. The first-order valence-corrected chi connectivity index (χ1v) is 8.89. The third-order valence-corrected chi connectivity index (χ3v) is 5.22. The van der Waals surface area contributed by atoms with Gasteiger partial charge in [-0.3, -0.25) is 0 Å². The standard InChI is InChI=1S/C15H16BrCl2NS/c1-2-7-19-14(9-11-4-6-15(16)20-11)12-5-3-10(17)8-13(12)18/h3-6,8,14,19H,2,7,9H2,1H3. The summed E-state index contributed by atoms with van der Waals surface area (Å²) < 4.78 is 1.16. The van der Waals surface area contributed by atoms with Gasteiger partial charge in [-0.2, -0.15) is 0 Å². The molecule has 2 rings (SSSR count). The van der Waals surface area contributed by atoms with Crippen LogP contribution in [0.5, 0.6) is 0 Å². The molecule has 0 aliphatic heterocycles. The molecule has 1 N–H and O–H groups in total. The highest BCUT2D eigenvalue weighted by molar-refractivity contribution is 9.11. The van der Waals surface area contributed by atoms with Gasteiger partial charge in [0.05, 0.1) is 3.79 Å². The molecule has 20 heavy (non-hydrogen) atoms. The lowest BCUT2D eigenvalue weighted by atomic mass is 10.0. The second-order valence-corrected chi connectivity index (χ2v) is 7.97. The Morgan fingerprint density at radius 3 is 2.65 bits per heavy atom. The highest BCUT2D eigenvalue weighted by atomic mass is 79.9. The molecule has 0 radical (unpaired) electrons. The lowest BCUT2D eigenvalue weighted by Crippen LogP contribution is -2.24. The third kappa shape index (κ3) is 4.47. The maximum atomic E-state index is 6.34. The lowest BCUT2D eigenvalue weighted by molar-refractivity contribution is 0.532. The fraction of sp³-hybridized carbons (Fsp3) is 0.333. The van der Waals surface area contributed by atoms with E-state index in [0.717, 1.165) is 33.8 Å². The van der Waals surface area contributed by atoms with E-state index in [1.54, 1.807) is 11.3 Å². The molecule has 2 aromatic rings. The summed E-state index contributed by atoms with van der Waals surface area (Å²) in [5.41, 5.74) is 1.11. The highest BCUT2D eigenvalue weighted by Crippen LogP contribution is 2.31. The van der Waals surface area contributed by atoms with Crippen LogP contribution in [0.25, 0.3) is 0 Å². The zero-order valence-electron chi connectivity index (χ0n) is 11.1. The summed E-state index contributed by atoms with van der Waals surface area (Å²) in [6, 6.07) is 10.2. The molecule has 0 saturated heterocycles. The summed E-state index contributed by atoms with van der Waals surface area (Å²) in [4.78, 5) is 1.33. The summed E-state index contributed by atoms with van der Waals surface area (Å²) in [7, 11) is 0. The summed E-state index contributed by atoms with van der Waals surface area (Å²) in [5.74, 6) is 0. The molecule has 0 bridgehead atoms. The van der Waals surface area contributed by atoms with Crippen LogP contribution in [0.15, 0.2) is 34.1 Å². The first kappa shape index (κ1) is 16.3. The Hall–Kier alpha value is -0.0600. The van der Waals surface area contributed by atoms with E-state index in [1.807, 2.05) is 18.2 Å². The first-order valence-electron chi connectivity index (χ1n) is 6.52. The van der Waals surface area contributed by atoms with E-state index < -0.39 is 0 Å². The molecule has 0 fully saturated rings. The predicted octanol–water partition coefficient (Wildman–Crippen LogP) is 6.10. The molecule has 1 unspecified atom stereocenters. The van der Waals surface area contributed by atoms with Crippen molar-refractivity contribution in [2.45, 2.75) is 25.8 Å². The number of nitrogens with one attached hydrogen (secondary N) is 1. The SMILES string of the molecule is CCCNC(Cc1ccc(Br)s1)c1ccc(Cl)cc1Cl.